The summed E-state index contributed by atoms with van der Waals surface area (Å²) in [7, 11) is 0. The van der Waals surface area contributed by atoms with Gasteiger partial charge in [0.1, 0.15) is 0 Å². The highest BCUT2D eigenvalue weighted by Gasteiger charge is 2.43. The summed E-state index contributed by atoms with van der Waals surface area (Å²) in [5.41, 5.74) is 0. The Morgan fingerprint density at radius 2 is 2.00 bits per heavy atom. The van der Waals surface area contributed by atoms with Crippen LogP contribution in [0.3, 0.4) is 0 Å². The molecule has 76 valence electrons. The Hall–Kier alpha value is -0.0400. The second-order valence-electron chi connectivity index (χ2n) is 5.22. The minimum atomic E-state index is 0.772. The zero-order valence-corrected chi connectivity index (χ0v) is 9.22. The lowest BCUT2D eigenvalue weighted by Gasteiger charge is -2.52. The van der Waals surface area contributed by atoms with Gasteiger partial charge in [-0.3, -0.25) is 0 Å². The van der Waals surface area contributed by atoms with Gasteiger partial charge in [-0.2, -0.15) is 0 Å². The second-order valence-corrected chi connectivity index (χ2v) is 5.22. The van der Waals surface area contributed by atoms with Crippen molar-refractivity contribution in [2.75, 3.05) is 0 Å². The van der Waals surface area contributed by atoms with Crippen LogP contribution in [0.1, 0.15) is 46.5 Å². The molecule has 1 aliphatic carbocycles. The molecule has 1 saturated carbocycles. The molecule has 1 saturated heterocycles. The second kappa shape index (κ2) is 3.61. The molecule has 13 heavy (non-hydrogen) atoms. The molecule has 1 nitrogen and oxygen atoms in total. The lowest BCUT2D eigenvalue weighted by Crippen LogP contribution is -2.59. The standard InChI is InChI=1S/C12H23N/c1-4-5-10-7-11-8(2)6-12(11)13-9(10)3/h8-13H,4-7H2,1-3H3. The van der Waals surface area contributed by atoms with Gasteiger partial charge in [0.25, 0.3) is 0 Å². The van der Waals surface area contributed by atoms with Crippen LogP contribution in [0.5, 0.6) is 0 Å². The van der Waals surface area contributed by atoms with E-state index in [1.165, 1.54) is 25.7 Å². The Kier molecular flexibility index (Phi) is 2.64. The normalized spacial score (nSPS) is 49.6. The molecule has 1 N–H and O–H groups in total. The van der Waals surface area contributed by atoms with Crippen molar-refractivity contribution in [2.45, 2.75) is 58.5 Å². The molecule has 0 aromatic carbocycles. The van der Waals surface area contributed by atoms with Crippen molar-refractivity contribution in [3.8, 4) is 0 Å². The largest absolute Gasteiger partial charge is 0.311 e. The Morgan fingerprint density at radius 1 is 1.23 bits per heavy atom. The minimum Gasteiger partial charge on any atom is -0.311 e. The fourth-order valence-corrected chi connectivity index (χ4v) is 3.31. The lowest BCUT2D eigenvalue weighted by atomic mass is 9.62. The van der Waals surface area contributed by atoms with Crippen LogP contribution in [-0.2, 0) is 0 Å². The minimum absolute atomic E-state index is 0.772. The molecule has 0 radical (unpaired) electrons. The molecule has 1 heterocycles. The van der Waals surface area contributed by atoms with Gasteiger partial charge in [-0.15, -0.1) is 0 Å². The molecule has 2 aliphatic rings. The molecule has 2 rings (SSSR count). The predicted octanol–water partition coefficient (Wildman–Crippen LogP) is 2.81. The lowest BCUT2D eigenvalue weighted by molar-refractivity contribution is 0.0303. The van der Waals surface area contributed by atoms with E-state index in [-0.39, 0.29) is 0 Å². The van der Waals surface area contributed by atoms with E-state index in [4.69, 9.17) is 0 Å². The van der Waals surface area contributed by atoms with E-state index in [0.717, 1.165) is 29.8 Å². The van der Waals surface area contributed by atoms with Crippen molar-refractivity contribution >= 4 is 0 Å². The Balaban J connectivity index is 1.91. The maximum Gasteiger partial charge on any atom is 0.0103 e. The highest BCUT2D eigenvalue weighted by atomic mass is 15.0. The van der Waals surface area contributed by atoms with Crippen molar-refractivity contribution < 1.29 is 0 Å². The average Bonchev–Trinajstić information content (AvgIpc) is 2.09. The average molecular weight is 181 g/mol. The summed E-state index contributed by atoms with van der Waals surface area (Å²) in [5.74, 6) is 2.95. The van der Waals surface area contributed by atoms with Crippen LogP contribution < -0.4 is 5.32 Å². The summed E-state index contributed by atoms with van der Waals surface area (Å²) in [5, 5.41) is 3.78. The summed E-state index contributed by atoms with van der Waals surface area (Å²) >= 11 is 0. The van der Waals surface area contributed by atoms with Gasteiger partial charge in [0.05, 0.1) is 0 Å². The number of rotatable bonds is 2. The molecule has 0 aromatic rings. The molecule has 1 aliphatic heterocycles. The molecule has 1 heteroatoms. The van der Waals surface area contributed by atoms with Crippen LogP contribution in [0.2, 0.25) is 0 Å². The topological polar surface area (TPSA) is 12.0 Å². The molecule has 0 spiro atoms. The monoisotopic (exact) mass is 181 g/mol. The van der Waals surface area contributed by atoms with E-state index in [1.807, 2.05) is 0 Å². The first-order valence-electron chi connectivity index (χ1n) is 5.98. The number of fused-ring (bicyclic) bond motifs is 1. The third-order valence-electron chi connectivity index (χ3n) is 4.29. The fourth-order valence-electron chi connectivity index (χ4n) is 3.31. The van der Waals surface area contributed by atoms with E-state index in [1.54, 1.807) is 0 Å². The van der Waals surface area contributed by atoms with E-state index in [2.05, 4.69) is 26.1 Å². The number of piperidine rings is 1. The number of nitrogens with one attached hydrogen (secondary N) is 1. The van der Waals surface area contributed by atoms with Crippen molar-refractivity contribution in [2.24, 2.45) is 17.8 Å². The van der Waals surface area contributed by atoms with Crippen LogP contribution in [0.15, 0.2) is 0 Å². The van der Waals surface area contributed by atoms with Gasteiger partial charge in [0, 0.05) is 12.1 Å². The first-order chi connectivity index (χ1) is 6.22. The van der Waals surface area contributed by atoms with E-state index >= 15 is 0 Å². The summed E-state index contributed by atoms with van der Waals surface area (Å²) in [6.45, 7) is 7.10. The van der Waals surface area contributed by atoms with E-state index < -0.39 is 0 Å². The smallest absolute Gasteiger partial charge is 0.0103 e. The SMILES string of the molecule is CCCC1CC2C(C)CC2NC1C. The molecule has 5 unspecified atom stereocenters. The Bertz CT molecular complexity index is 178. The summed E-state index contributed by atoms with van der Waals surface area (Å²) in [6.07, 6.45) is 5.69. The first kappa shape index (κ1) is 9.51. The van der Waals surface area contributed by atoms with E-state index in [0.29, 0.717) is 0 Å². The Labute approximate surface area is 82.3 Å². The fraction of sp³-hybridized carbons (Fsp3) is 1.00. The molecule has 0 aromatic heterocycles. The molecular weight excluding hydrogens is 158 g/mol. The van der Waals surface area contributed by atoms with Crippen LogP contribution >= 0.6 is 0 Å². The van der Waals surface area contributed by atoms with Crippen LogP contribution in [0.4, 0.5) is 0 Å². The highest BCUT2D eigenvalue weighted by Crippen LogP contribution is 2.43. The van der Waals surface area contributed by atoms with Gasteiger partial charge < -0.3 is 5.32 Å². The summed E-state index contributed by atoms with van der Waals surface area (Å²) in [6, 6.07) is 1.65. The van der Waals surface area contributed by atoms with Crippen LogP contribution in [-0.4, -0.2) is 12.1 Å². The zero-order valence-electron chi connectivity index (χ0n) is 9.22. The molecular formula is C12H23N. The predicted molar refractivity (Wildman–Crippen MR) is 56.7 cm³/mol. The van der Waals surface area contributed by atoms with Crippen LogP contribution in [0.25, 0.3) is 0 Å². The van der Waals surface area contributed by atoms with Gasteiger partial charge in [-0.1, -0.05) is 20.3 Å². The molecule has 0 amide bonds. The highest BCUT2D eigenvalue weighted by molar-refractivity contribution is 4.99. The molecule has 0 bridgehead atoms. The van der Waals surface area contributed by atoms with Crippen molar-refractivity contribution in [1.82, 2.24) is 5.32 Å². The quantitative estimate of drug-likeness (QED) is 0.690. The summed E-state index contributed by atoms with van der Waals surface area (Å²) < 4.78 is 0. The first-order valence-corrected chi connectivity index (χ1v) is 5.98. The van der Waals surface area contributed by atoms with Crippen molar-refractivity contribution in [1.29, 1.82) is 0 Å². The Morgan fingerprint density at radius 3 is 2.62 bits per heavy atom. The van der Waals surface area contributed by atoms with Crippen LogP contribution in [0, 0.1) is 17.8 Å². The van der Waals surface area contributed by atoms with Crippen molar-refractivity contribution in [3.05, 3.63) is 0 Å². The number of hydrogen-bond donors (Lipinski definition) is 1. The third-order valence-corrected chi connectivity index (χ3v) is 4.29. The maximum atomic E-state index is 3.78. The molecule has 5 atom stereocenters. The van der Waals surface area contributed by atoms with Gasteiger partial charge in [-0.05, 0) is 43.9 Å². The zero-order chi connectivity index (χ0) is 9.42. The van der Waals surface area contributed by atoms with Crippen molar-refractivity contribution in [3.63, 3.8) is 0 Å². The molecule has 2 fully saturated rings. The number of hydrogen-bond acceptors (Lipinski definition) is 1. The van der Waals surface area contributed by atoms with Gasteiger partial charge in [0.15, 0.2) is 0 Å². The van der Waals surface area contributed by atoms with Gasteiger partial charge in [-0.25, -0.2) is 0 Å². The van der Waals surface area contributed by atoms with E-state index in [9.17, 15) is 0 Å². The third kappa shape index (κ3) is 1.63. The maximum absolute atomic E-state index is 3.78. The van der Waals surface area contributed by atoms with Gasteiger partial charge >= 0.3 is 0 Å². The van der Waals surface area contributed by atoms with Gasteiger partial charge in [0.2, 0.25) is 0 Å². The summed E-state index contributed by atoms with van der Waals surface area (Å²) in [4.78, 5) is 0.